The summed E-state index contributed by atoms with van der Waals surface area (Å²) in [6.07, 6.45) is 1.78. The second kappa shape index (κ2) is 5.22. The van der Waals surface area contributed by atoms with Crippen LogP contribution in [0.25, 0.3) is 0 Å². The highest BCUT2D eigenvalue weighted by molar-refractivity contribution is 9.10. The van der Waals surface area contributed by atoms with E-state index in [2.05, 4.69) is 37.7 Å². The molecule has 1 aromatic rings. The molecule has 0 spiro atoms. The number of piperazine rings is 1. The van der Waals surface area contributed by atoms with Crippen LogP contribution in [0.5, 0.6) is 0 Å². The van der Waals surface area contributed by atoms with Crippen molar-refractivity contribution in [3.05, 3.63) is 16.4 Å². The zero-order valence-corrected chi connectivity index (χ0v) is 12.4. The van der Waals surface area contributed by atoms with Crippen LogP contribution < -0.4 is 4.90 Å². The number of halogens is 1. The maximum atomic E-state index is 11.4. The third kappa shape index (κ3) is 2.63. The molecule has 2 heterocycles. The molecule has 18 heavy (non-hydrogen) atoms. The molecule has 1 amide bonds. The summed E-state index contributed by atoms with van der Waals surface area (Å²) in [4.78, 5) is 24.2. The molecule has 6 heteroatoms. The highest BCUT2D eigenvalue weighted by atomic mass is 79.9. The average molecular weight is 313 g/mol. The zero-order valence-electron chi connectivity index (χ0n) is 10.9. The van der Waals surface area contributed by atoms with E-state index in [0.717, 1.165) is 35.7 Å². The number of rotatable bonds is 1. The highest BCUT2D eigenvalue weighted by Gasteiger charge is 2.26. The Kier molecular flexibility index (Phi) is 3.85. The summed E-state index contributed by atoms with van der Waals surface area (Å²) < 4.78 is 0.918. The minimum atomic E-state index is 0.134. The summed E-state index contributed by atoms with van der Waals surface area (Å²) in [5, 5.41) is 0. The van der Waals surface area contributed by atoms with Crippen molar-refractivity contribution in [2.45, 2.75) is 26.8 Å². The van der Waals surface area contributed by atoms with Gasteiger partial charge in [-0.1, -0.05) is 0 Å². The van der Waals surface area contributed by atoms with Crippen LogP contribution in [0.15, 0.2) is 10.7 Å². The molecule has 1 fully saturated rings. The van der Waals surface area contributed by atoms with E-state index in [4.69, 9.17) is 0 Å². The number of carbonyl (C=O) groups excluding carboxylic acids is 1. The van der Waals surface area contributed by atoms with Crippen molar-refractivity contribution in [2.24, 2.45) is 0 Å². The van der Waals surface area contributed by atoms with Gasteiger partial charge in [-0.15, -0.1) is 0 Å². The summed E-state index contributed by atoms with van der Waals surface area (Å²) in [6.45, 7) is 7.90. The third-order valence-corrected chi connectivity index (χ3v) is 4.01. The maximum Gasteiger partial charge on any atom is 0.225 e. The first-order valence-corrected chi connectivity index (χ1v) is 6.79. The van der Waals surface area contributed by atoms with Gasteiger partial charge in [-0.3, -0.25) is 4.79 Å². The van der Waals surface area contributed by atoms with Crippen molar-refractivity contribution >= 4 is 27.8 Å². The van der Waals surface area contributed by atoms with E-state index < -0.39 is 0 Å². The maximum absolute atomic E-state index is 11.4. The predicted octanol–water partition coefficient (Wildman–Crippen LogP) is 1.60. The summed E-state index contributed by atoms with van der Waals surface area (Å²) >= 11 is 3.40. The van der Waals surface area contributed by atoms with Gasteiger partial charge in [-0.25, -0.2) is 9.97 Å². The molecule has 5 nitrogen and oxygen atoms in total. The second-order valence-corrected chi connectivity index (χ2v) is 5.47. The topological polar surface area (TPSA) is 49.3 Å². The largest absolute Gasteiger partial charge is 0.339 e. The lowest BCUT2D eigenvalue weighted by molar-refractivity contribution is -0.129. The molecular weight excluding hydrogens is 296 g/mol. The number of amides is 1. The number of anilines is 1. The van der Waals surface area contributed by atoms with Gasteiger partial charge in [0.25, 0.3) is 0 Å². The van der Waals surface area contributed by atoms with Gasteiger partial charge in [0.1, 0.15) is 0 Å². The van der Waals surface area contributed by atoms with E-state index in [-0.39, 0.29) is 11.9 Å². The van der Waals surface area contributed by atoms with E-state index in [1.807, 2.05) is 11.8 Å². The monoisotopic (exact) mass is 312 g/mol. The molecule has 0 radical (unpaired) electrons. The van der Waals surface area contributed by atoms with Crippen molar-refractivity contribution in [1.82, 2.24) is 14.9 Å². The fourth-order valence-electron chi connectivity index (χ4n) is 2.12. The summed E-state index contributed by atoms with van der Waals surface area (Å²) in [5.74, 6) is 0.876. The number of aryl methyl sites for hydroxylation is 1. The van der Waals surface area contributed by atoms with Crippen molar-refractivity contribution in [3.8, 4) is 0 Å². The molecule has 1 unspecified atom stereocenters. The van der Waals surface area contributed by atoms with Crippen LogP contribution in [0.1, 0.15) is 19.5 Å². The van der Waals surface area contributed by atoms with Gasteiger partial charge in [0.2, 0.25) is 11.9 Å². The molecule has 0 N–H and O–H groups in total. The number of hydrogen-bond donors (Lipinski definition) is 0. The normalized spacial score (nSPS) is 20.1. The van der Waals surface area contributed by atoms with Crippen LogP contribution in [0.3, 0.4) is 0 Å². The molecular formula is C12H17BrN4O. The minimum Gasteiger partial charge on any atom is -0.339 e. The van der Waals surface area contributed by atoms with E-state index in [1.165, 1.54) is 0 Å². The zero-order chi connectivity index (χ0) is 13.3. The number of carbonyl (C=O) groups is 1. The molecule has 1 aliphatic rings. The van der Waals surface area contributed by atoms with Crippen molar-refractivity contribution in [2.75, 3.05) is 24.5 Å². The molecule has 1 aliphatic heterocycles. The first-order valence-electron chi connectivity index (χ1n) is 6.00. The third-order valence-electron chi connectivity index (χ3n) is 3.24. The smallest absolute Gasteiger partial charge is 0.225 e. The summed E-state index contributed by atoms with van der Waals surface area (Å²) in [7, 11) is 0. The molecule has 1 saturated heterocycles. The van der Waals surface area contributed by atoms with E-state index in [1.54, 1.807) is 13.1 Å². The van der Waals surface area contributed by atoms with Crippen LogP contribution in [-0.4, -0.2) is 46.5 Å². The lowest BCUT2D eigenvalue weighted by Gasteiger charge is -2.39. The Bertz CT molecular complexity index is 465. The Hall–Kier alpha value is -1.17. The van der Waals surface area contributed by atoms with Crippen molar-refractivity contribution in [1.29, 1.82) is 0 Å². The second-order valence-electron chi connectivity index (χ2n) is 4.61. The van der Waals surface area contributed by atoms with Gasteiger partial charge in [0.15, 0.2) is 0 Å². The molecule has 2 rings (SSSR count). The first kappa shape index (κ1) is 13.3. The lowest BCUT2D eigenvalue weighted by atomic mass is 10.2. The number of hydrogen-bond acceptors (Lipinski definition) is 4. The lowest BCUT2D eigenvalue weighted by Crippen LogP contribution is -2.53. The fraction of sp³-hybridized carbons (Fsp3) is 0.583. The molecule has 0 bridgehead atoms. The Morgan fingerprint density at radius 1 is 1.50 bits per heavy atom. The van der Waals surface area contributed by atoms with Crippen LogP contribution in [-0.2, 0) is 4.79 Å². The number of nitrogens with zero attached hydrogens (tertiary/aromatic N) is 4. The van der Waals surface area contributed by atoms with E-state index >= 15 is 0 Å². The van der Waals surface area contributed by atoms with Crippen LogP contribution >= 0.6 is 15.9 Å². The van der Waals surface area contributed by atoms with Crippen LogP contribution in [0, 0.1) is 6.92 Å². The Morgan fingerprint density at radius 3 is 2.78 bits per heavy atom. The van der Waals surface area contributed by atoms with Gasteiger partial charge in [0, 0.05) is 38.8 Å². The molecule has 0 saturated carbocycles. The summed E-state index contributed by atoms with van der Waals surface area (Å²) in [6, 6.07) is 0.239. The van der Waals surface area contributed by atoms with Gasteiger partial charge in [-0.2, -0.15) is 0 Å². The van der Waals surface area contributed by atoms with Gasteiger partial charge >= 0.3 is 0 Å². The van der Waals surface area contributed by atoms with Crippen LogP contribution in [0.4, 0.5) is 5.95 Å². The Morgan fingerprint density at radius 2 is 2.22 bits per heavy atom. The van der Waals surface area contributed by atoms with Crippen LogP contribution in [0.2, 0.25) is 0 Å². The van der Waals surface area contributed by atoms with Crippen molar-refractivity contribution in [3.63, 3.8) is 0 Å². The van der Waals surface area contributed by atoms with Gasteiger partial charge in [0.05, 0.1) is 10.2 Å². The van der Waals surface area contributed by atoms with Gasteiger partial charge in [-0.05, 0) is 29.8 Å². The molecule has 98 valence electrons. The summed E-state index contributed by atoms with van der Waals surface area (Å²) in [5.41, 5.74) is 0.932. The SMILES string of the molecule is CC(=O)N1CCN(c2ncc(Br)c(C)n2)C(C)C1. The predicted molar refractivity (Wildman–Crippen MR) is 73.5 cm³/mol. The van der Waals surface area contributed by atoms with E-state index in [0.29, 0.717) is 0 Å². The Balaban J connectivity index is 2.15. The number of aromatic nitrogens is 2. The van der Waals surface area contributed by atoms with Gasteiger partial charge < -0.3 is 9.80 Å². The molecule has 1 aromatic heterocycles. The quantitative estimate of drug-likeness (QED) is 0.790. The molecule has 1 atom stereocenters. The fourth-order valence-corrected chi connectivity index (χ4v) is 2.31. The molecule has 0 aromatic carbocycles. The first-order chi connectivity index (χ1) is 8.49. The Labute approximate surface area is 115 Å². The van der Waals surface area contributed by atoms with Crippen molar-refractivity contribution < 1.29 is 4.79 Å². The average Bonchev–Trinajstić information content (AvgIpc) is 2.32. The van der Waals surface area contributed by atoms with E-state index in [9.17, 15) is 4.79 Å². The minimum absolute atomic E-state index is 0.134. The highest BCUT2D eigenvalue weighted by Crippen LogP contribution is 2.20. The standard InChI is InChI=1S/C12H17BrN4O/c1-8-7-16(10(3)18)4-5-17(8)12-14-6-11(13)9(2)15-12/h6,8H,4-5,7H2,1-3H3. The molecule has 0 aliphatic carbocycles.